The van der Waals surface area contributed by atoms with Gasteiger partial charge in [-0.2, -0.15) is 0 Å². The van der Waals surface area contributed by atoms with Crippen molar-refractivity contribution in [1.82, 2.24) is 9.97 Å². The molecule has 0 bridgehead atoms. The van der Waals surface area contributed by atoms with Crippen LogP contribution in [-0.4, -0.2) is 9.97 Å². The van der Waals surface area contributed by atoms with E-state index < -0.39 is 0 Å². The van der Waals surface area contributed by atoms with Crippen molar-refractivity contribution in [2.45, 2.75) is 0 Å². The van der Waals surface area contributed by atoms with Crippen molar-refractivity contribution in [2.24, 2.45) is 0 Å². The number of hydrogen-bond acceptors (Lipinski definition) is 2. The maximum Gasteiger partial charge on any atom is 0.0979 e. The standard InChI is InChI=1S/C36H22N2/c1-2-11-23(12-3-1)35-36(38-33-20-9-8-19-32(33)37-35)31-22-21-30-27-16-7-5-14-25(27)24-13-4-6-15-26(24)28-17-10-18-29(31)34(28)30/h1-22H. The van der Waals surface area contributed by atoms with Gasteiger partial charge in [0.05, 0.1) is 22.4 Å². The lowest BCUT2D eigenvalue weighted by molar-refractivity contribution is 1.30. The lowest BCUT2D eigenvalue weighted by Gasteiger charge is -2.16. The lowest BCUT2D eigenvalue weighted by Crippen LogP contribution is -1.97. The monoisotopic (exact) mass is 482 g/mol. The molecule has 0 fully saturated rings. The summed E-state index contributed by atoms with van der Waals surface area (Å²) < 4.78 is 0. The van der Waals surface area contributed by atoms with Crippen LogP contribution in [0.4, 0.5) is 0 Å². The van der Waals surface area contributed by atoms with Crippen molar-refractivity contribution in [2.75, 3.05) is 0 Å². The van der Waals surface area contributed by atoms with Gasteiger partial charge in [0, 0.05) is 11.1 Å². The van der Waals surface area contributed by atoms with Gasteiger partial charge >= 0.3 is 0 Å². The smallest absolute Gasteiger partial charge is 0.0979 e. The summed E-state index contributed by atoms with van der Waals surface area (Å²) in [6.07, 6.45) is 0. The molecule has 0 unspecified atom stereocenters. The molecular formula is C36H22N2. The Kier molecular flexibility index (Phi) is 4.55. The third kappa shape index (κ3) is 3.07. The number of hydrogen-bond donors (Lipinski definition) is 0. The quantitative estimate of drug-likeness (QED) is 0.245. The molecule has 1 aromatic heterocycles. The topological polar surface area (TPSA) is 25.8 Å². The molecule has 0 saturated carbocycles. The van der Waals surface area contributed by atoms with Gasteiger partial charge in [0.15, 0.2) is 0 Å². The van der Waals surface area contributed by atoms with E-state index in [1.165, 1.54) is 44.2 Å². The van der Waals surface area contributed by atoms with Gasteiger partial charge in [-0.05, 0) is 56.3 Å². The fraction of sp³-hybridized carbons (Fsp3) is 0. The van der Waals surface area contributed by atoms with E-state index >= 15 is 0 Å². The predicted molar refractivity (Wildman–Crippen MR) is 158 cm³/mol. The largest absolute Gasteiger partial charge is 0.244 e. The fourth-order valence-corrected chi connectivity index (χ4v) is 5.95. The highest BCUT2D eigenvalue weighted by atomic mass is 14.8. The van der Waals surface area contributed by atoms with Crippen LogP contribution in [-0.2, 0) is 0 Å². The Labute approximate surface area is 220 Å². The van der Waals surface area contributed by atoms with Crippen LogP contribution in [0.25, 0.3) is 77.7 Å². The maximum absolute atomic E-state index is 5.22. The van der Waals surface area contributed by atoms with Crippen molar-refractivity contribution in [3.05, 3.63) is 133 Å². The molecule has 1 aliphatic rings. The van der Waals surface area contributed by atoms with E-state index in [1.54, 1.807) is 0 Å². The molecule has 0 saturated heterocycles. The van der Waals surface area contributed by atoms with E-state index in [2.05, 4.69) is 103 Å². The summed E-state index contributed by atoms with van der Waals surface area (Å²) in [6.45, 7) is 0. The SMILES string of the molecule is c1ccc(-c2nc3ccccc3nc2-c2ccc3c4c(cccc24)-c2ccccc2-c2ccccc2-3)cc1. The number of aromatic nitrogens is 2. The van der Waals surface area contributed by atoms with E-state index in [0.29, 0.717) is 0 Å². The van der Waals surface area contributed by atoms with Gasteiger partial charge in [-0.1, -0.05) is 121 Å². The molecule has 7 aromatic rings. The van der Waals surface area contributed by atoms with Crippen molar-refractivity contribution in [1.29, 1.82) is 0 Å². The lowest BCUT2D eigenvalue weighted by atomic mass is 9.89. The first-order chi connectivity index (χ1) is 18.9. The summed E-state index contributed by atoms with van der Waals surface area (Å²) in [6, 6.07) is 47.2. The molecule has 0 aliphatic heterocycles. The van der Waals surface area contributed by atoms with Gasteiger partial charge in [-0.3, -0.25) is 0 Å². The van der Waals surface area contributed by atoms with Crippen LogP contribution < -0.4 is 0 Å². The molecule has 8 rings (SSSR count). The zero-order valence-electron chi connectivity index (χ0n) is 20.6. The van der Waals surface area contributed by atoms with Crippen LogP contribution in [0.5, 0.6) is 0 Å². The van der Waals surface area contributed by atoms with Crippen LogP contribution in [0, 0.1) is 0 Å². The Bertz CT molecular complexity index is 1970. The maximum atomic E-state index is 5.22. The van der Waals surface area contributed by atoms with Gasteiger partial charge in [-0.25, -0.2) is 9.97 Å². The molecule has 0 atom stereocenters. The van der Waals surface area contributed by atoms with Gasteiger partial charge in [0.25, 0.3) is 0 Å². The van der Waals surface area contributed by atoms with Crippen LogP contribution >= 0.6 is 0 Å². The molecule has 0 amide bonds. The molecule has 0 radical (unpaired) electrons. The number of nitrogens with zero attached hydrogens (tertiary/aromatic N) is 2. The minimum absolute atomic E-state index is 0.899. The molecule has 6 aromatic carbocycles. The second kappa shape index (κ2) is 8.22. The Balaban J connectivity index is 1.51. The van der Waals surface area contributed by atoms with Crippen LogP contribution in [0.1, 0.15) is 0 Å². The number of fused-ring (bicyclic) bond motifs is 6. The fourth-order valence-electron chi connectivity index (χ4n) is 5.95. The number of benzene rings is 6. The Morgan fingerprint density at radius 3 is 1.45 bits per heavy atom. The number of rotatable bonds is 2. The first kappa shape index (κ1) is 21.0. The summed E-state index contributed by atoms with van der Waals surface area (Å²) in [7, 11) is 0. The molecule has 176 valence electrons. The highest BCUT2D eigenvalue weighted by molar-refractivity contribution is 6.17. The summed E-state index contributed by atoms with van der Waals surface area (Å²) >= 11 is 0. The number of para-hydroxylation sites is 2. The molecule has 0 spiro atoms. The third-order valence-electron chi connectivity index (χ3n) is 7.64. The zero-order chi connectivity index (χ0) is 25.1. The minimum atomic E-state index is 0.899. The normalized spacial score (nSPS) is 11.7. The molecule has 0 N–H and O–H groups in total. The van der Waals surface area contributed by atoms with E-state index in [0.717, 1.165) is 33.5 Å². The van der Waals surface area contributed by atoms with E-state index in [1.807, 2.05) is 30.3 Å². The second-order valence-electron chi connectivity index (χ2n) is 9.76. The highest BCUT2D eigenvalue weighted by Crippen LogP contribution is 2.49. The zero-order valence-corrected chi connectivity index (χ0v) is 20.6. The van der Waals surface area contributed by atoms with Crippen LogP contribution in [0.3, 0.4) is 0 Å². The highest BCUT2D eigenvalue weighted by Gasteiger charge is 2.23. The van der Waals surface area contributed by atoms with Gasteiger partial charge in [-0.15, -0.1) is 0 Å². The van der Waals surface area contributed by atoms with Gasteiger partial charge in [0.2, 0.25) is 0 Å². The summed E-state index contributed by atoms with van der Waals surface area (Å²) in [4.78, 5) is 10.4. The van der Waals surface area contributed by atoms with Crippen molar-refractivity contribution < 1.29 is 0 Å². The van der Waals surface area contributed by atoms with Crippen LogP contribution in [0.2, 0.25) is 0 Å². The third-order valence-corrected chi connectivity index (χ3v) is 7.64. The molecular weight excluding hydrogens is 460 g/mol. The first-order valence-electron chi connectivity index (χ1n) is 12.9. The Morgan fingerprint density at radius 1 is 0.316 bits per heavy atom. The second-order valence-corrected chi connectivity index (χ2v) is 9.76. The van der Waals surface area contributed by atoms with Crippen molar-refractivity contribution in [3.8, 4) is 55.9 Å². The first-order valence-corrected chi connectivity index (χ1v) is 12.9. The molecule has 2 heteroatoms. The van der Waals surface area contributed by atoms with Gasteiger partial charge < -0.3 is 0 Å². The average Bonchev–Trinajstić information content (AvgIpc) is 3.11. The molecule has 1 heterocycles. The average molecular weight is 483 g/mol. The Morgan fingerprint density at radius 2 is 0.789 bits per heavy atom. The Hall–Kier alpha value is -5.08. The molecule has 1 aliphatic carbocycles. The summed E-state index contributed by atoms with van der Waals surface area (Å²) in [5.74, 6) is 0. The minimum Gasteiger partial charge on any atom is -0.244 e. The summed E-state index contributed by atoms with van der Waals surface area (Å²) in [5, 5.41) is 2.45. The molecule has 38 heavy (non-hydrogen) atoms. The summed E-state index contributed by atoms with van der Waals surface area (Å²) in [5.41, 5.74) is 13.3. The van der Waals surface area contributed by atoms with Crippen molar-refractivity contribution in [3.63, 3.8) is 0 Å². The van der Waals surface area contributed by atoms with E-state index in [-0.39, 0.29) is 0 Å². The van der Waals surface area contributed by atoms with E-state index in [4.69, 9.17) is 9.97 Å². The predicted octanol–water partition coefficient (Wildman–Crippen LogP) is 9.43. The van der Waals surface area contributed by atoms with Crippen molar-refractivity contribution >= 4 is 21.8 Å². The van der Waals surface area contributed by atoms with Gasteiger partial charge in [0.1, 0.15) is 0 Å². The molecule has 2 nitrogen and oxygen atoms in total. The van der Waals surface area contributed by atoms with Crippen LogP contribution in [0.15, 0.2) is 133 Å². The van der Waals surface area contributed by atoms with E-state index in [9.17, 15) is 0 Å².